The zero-order valence-corrected chi connectivity index (χ0v) is 16.4. The number of hydrogen-bond acceptors (Lipinski definition) is 2. The number of rotatable bonds is 4. The monoisotopic (exact) mass is 395 g/mol. The zero-order valence-electron chi connectivity index (χ0n) is 14.8. The molecule has 4 N–H and O–H groups in total. The first-order valence-corrected chi connectivity index (χ1v) is 9.78. The molecule has 4 rings (SSSR count). The summed E-state index contributed by atoms with van der Waals surface area (Å²) in [6, 6.07) is 6.17. The molecule has 26 heavy (non-hydrogen) atoms. The predicted molar refractivity (Wildman–Crippen MR) is 109 cm³/mol. The highest BCUT2D eigenvalue weighted by atomic mass is 35.5. The van der Waals surface area contributed by atoms with Gasteiger partial charge in [0, 0.05) is 40.6 Å². The molecule has 6 heteroatoms. The molecule has 142 valence electrons. The number of aromatic nitrogens is 1. The van der Waals surface area contributed by atoms with Gasteiger partial charge < -0.3 is 16.0 Å². The Labute approximate surface area is 165 Å². The van der Waals surface area contributed by atoms with Crippen molar-refractivity contribution in [3.8, 4) is 0 Å². The minimum absolute atomic E-state index is 0. The fourth-order valence-corrected chi connectivity index (χ4v) is 5.00. The van der Waals surface area contributed by atoms with Gasteiger partial charge in [-0.2, -0.15) is 0 Å². The number of H-pyrrole nitrogens is 1. The van der Waals surface area contributed by atoms with E-state index in [1.54, 1.807) is 0 Å². The van der Waals surface area contributed by atoms with Crippen molar-refractivity contribution in [2.75, 3.05) is 6.54 Å². The molecule has 2 atom stereocenters. The van der Waals surface area contributed by atoms with E-state index in [4.69, 9.17) is 17.3 Å². The Morgan fingerprint density at radius 1 is 1.27 bits per heavy atom. The van der Waals surface area contributed by atoms with Gasteiger partial charge in [0.05, 0.1) is 0 Å². The molecule has 2 unspecified atom stereocenters. The van der Waals surface area contributed by atoms with Crippen molar-refractivity contribution in [3.05, 3.63) is 35.0 Å². The Morgan fingerprint density at radius 2 is 2.00 bits per heavy atom. The van der Waals surface area contributed by atoms with E-state index in [2.05, 4.69) is 10.3 Å². The average molecular weight is 396 g/mol. The Hall–Kier alpha value is -1.23. The first-order valence-electron chi connectivity index (χ1n) is 9.40. The highest BCUT2D eigenvalue weighted by molar-refractivity contribution is 6.31. The van der Waals surface area contributed by atoms with Crippen LogP contribution in [0.4, 0.5) is 0 Å². The predicted octanol–water partition coefficient (Wildman–Crippen LogP) is 4.06. The van der Waals surface area contributed by atoms with Gasteiger partial charge in [0.25, 0.3) is 0 Å². The molecular formula is C20H27Cl2N3O. The molecule has 1 aromatic carbocycles. The zero-order chi connectivity index (χ0) is 17.4. The number of halogens is 2. The smallest absolute Gasteiger partial charge is 0.223 e. The van der Waals surface area contributed by atoms with Gasteiger partial charge in [-0.3, -0.25) is 4.79 Å². The van der Waals surface area contributed by atoms with E-state index < -0.39 is 0 Å². The number of carbonyl (C=O) groups excluding carboxylic acids is 1. The quantitative estimate of drug-likeness (QED) is 0.730. The second-order valence-electron chi connectivity index (χ2n) is 7.74. The Morgan fingerprint density at radius 3 is 2.73 bits per heavy atom. The number of aromatic amines is 1. The summed E-state index contributed by atoms with van der Waals surface area (Å²) in [5, 5.41) is 5.02. The molecule has 2 aliphatic carbocycles. The van der Waals surface area contributed by atoms with Crippen molar-refractivity contribution >= 4 is 40.8 Å². The van der Waals surface area contributed by atoms with E-state index in [1.807, 2.05) is 24.4 Å². The maximum atomic E-state index is 12.6. The second kappa shape index (κ2) is 8.20. The molecule has 0 spiro atoms. The van der Waals surface area contributed by atoms with E-state index in [0.29, 0.717) is 24.4 Å². The Kier molecular flexibility index (Phi) is 6.16. The van der Waals surface area contributed by atoms with E-state index >= 15 is 0 Å². The van der Waals surface area contributed by atoms with Crippen molar-refractivity contribution in [2.24, 2.45) is 23.5 Å². The number of nitrogens with two attached hydrogens (primary N) is 1. The SMILES string of the molecule is Cl.NC1C2CCCC1CC(C(=O)NCCc1c[nH]c3ccc(Cl)cc13)C2. The summed E-state index contributed by atoms with van der Waals surface area (Å²) in [5.74, 6) is 1.44. The molecule has 1 amide bonds. The van der Waals surface area contributed by atoms with Crippen molar-refractivity contribution in [1.29, 1.82) is 0 Å². The Bertz CT molecular complexity index is 762. The minimum atomic E-state index is 0. The number of benzene rings is 1. The molecule has 2 aliphatic rings. The molecule has 2 fully saturated rings. The third-order valence-electron chi connectivity index (χ3n) is 6.21. The topological polar surface area (TPSA) is 70.9 Å². The third-order valence-corrected chi connectivity index (χ3v) is 6.44. The van der Waals surface area contributed by atoms with Crippen molar-refractivity contribution in [3.63, 3.8) is 0 Å². The number of amides is 1. The maximum absolute atomic E-state index is 12.6. The van der Waals surface area contributed by atoms with Gasteiger partial charge in [-0.15, -0.1) is 12.4 Å². The summed E-state index contributed by atoms with van der Waals surface area (Å²) < 4.78 is 0. The van der Waals surface area contributed by atoms with Gasteiger partial charge in [0.15, 0.2) is 0 Å². The van der Waals surface area contributed by atoms with Gasteiger partial charge in [-0.1, -0.05) is 18.0 Å². The van der Waals surface area contributed by atoms with Crippen molar-refractivity contribution in [2.45, 2.75) is 44.6 Å². The normalized spacial score (nSPS) is 27.8. The molecule has 1 heterocycles. The molecule has 2 saturated carbocycles. The number of hydrogen-bond donors (Lipinski definition) is 3. The second-order valence-corrected chi connectivity index (χ2v) is 8.18. The van der Waals surface area contributed by atoms with Crippen molar-refractivity contribution < 1.29 is 4.79 Å². The van der Waals surface area contributed by atoms with Crippen LogP contribution >= 0.6 is 24.0 Å². The highest BCUT2D eigenvalue weighted by Crippen LogP contribution is 2.41. The third kappa shape index (κ3) is 3.88. The lowest BCUT2D eigenvalue weighted by Gasteiger charge is -2.43. The molecule has 4 nitrogen and oxygen atoms in total. The van der Waals surface area contributed by atoms with Crippen LogP contribution in [0.15, 0.2) is 24.4 Å². The van der Waals surface area contributed by atoms with Crippen LogP contribution in [0.25, 0.3) is 10.9 Å². The van der Waals surface area contributed by atoms with Crippen LogP contribution in [0.1, 0.15) is 37.7 Å². The average Bonchev–Trinajstić information content (AvgIpc) is 2.97. The molecule has 2 bridgehead atoms. The van der Waals surface area contributed by atoms with E-state index in [0.717, 1.165) is 35.2 Å². The van der Waals surface area contributed by atoms with Gasteiger partial charge in [0.2, 0.25) is 5.91 Å². The maximum Gasteiger partial charge on any atom is 0.223 e. The van der Waals surface area contributed by atoms with Gasteiger partial charge in [-0.05, 0) is 67.7 Å². The fraction of sp³-hybridized carbons (Fsp3) is 0.550. The van der Waals surface area contributed by atoms with Crippen LogP contribution in [0, 0.1) is 17.8 Å². The van der Waals surface area contributed by atoms with Crippen LogP contribution in [-0.4, -0.2) is 23.5 Å². The molecule has 1 aromatic heterocycles. The highest BCUT2D eigenvalue weighted by Gasteiger charge is 2.40. The first kappa shape index (κ1) is 19.5. The van der Waals surface area contributed by atoms with E-state index in [-0.39, 0.29) is 24.2 Å². The van der Waals surface area contributed by atoms with E-state index in [1.165, 1.54) is 24.8 Å². The molecule has 0 radical (unpaired) electrons. The van der Waals surface area contributed by atoms with Gasteiger partial charge in [-0.25, -0.2) is 0 Å². The largest absolute Gasteiger partial charge is 0.361 e. The van der Waals surface area contributed by atoms with Crippen LogP contribution < -0.4 is 11.1 Å². The summed E-state index contributed by atoms with van der Waals surface area (Å²) >= 11 is 6.10. The molecule has 0 aliphatic heterocycles. The number of fused-ring (bicyclic) bond motifs is 3. The lowest BCUT2D eigenvalue weighted by Crippen LogP contribution is -2.49. The van der Waals surface area contributed by atoms with Crippen LogP contribution in [0.2, 0.25) is 5.02 Å². The van der Waals surface area contributed by atoms with Gasteiger partial charge >= 0.3 is 0 Å². The lowest BCUT2D eigenvalue weighted by molar-refractivity contribution is -0.127. The van der Waals surface area contributed by atoms with Crippen molar-refractivity contribution in [1.82, 2.24) is 10.3 Å². The lowest BCUT2D eigenvalue weighted by atomic mass is 9.65. The Balaban J connectivity index is 0.00000196. The summed E-state index contributed by atoms with van der Waals surface area (Å²) in [4.78, 5) is 15.9. The van der Waals surface area contributed by atoms with Gasteiger partial charge in [0.1, 0.15) is 0 Å². The van der Waals surface area contributed by atoms with E-state index in [9.17, 15) is 4.79 Å². The standard InChI is InChI=1S/C20H26ClN3O.ClH/c21-16-4-5-18-17(10-16)14(11-24-18)6-7-23-20(25)15-8-12-2-1-3-13(9-15)19(12)22;/h4-5,10-13,15,19,24H,1-3,6-9,22H2,(H,23,25);1H. The molecular weight excluding hydrogens is 369 g/mol. The summed E-state index contributed by atoms with van der Waals surface area (Å²) in [6.07, 6.45) is 8.41. The molecule has 2 aromatic rings. The first-order chi connectivity index (χ1) is 12.1. The minimum Gasteiger partial charge on any atom is -0.361 e. The van der Waals surface area contributed by atoms with Crippen LogP contribution in [0.3, 0.4) is 0 Å². The summed E-state index contributed by atoms with van der Waals surface area (Å²) in [6.45, 7) is 0.663. The van der Waals surface area contributed by atoms with Crippen LogP contribution in [-0.2, 0) is 11.2 Å². The fourth-order valence-electron chi connectivity index (χ4n) is 4.83. The van der Waals surface area contributed by atoms with Crippen LogP contribution in [0.5, 0.6) is 0 Å². The molecule has 0 saturated heterocycles. The number of nitrogens with one attached hydrogen (secondary N) is 2. The number of carbonyl (C=O) groups is 1. The summed E-state index contributed by atoms with van der Waals surface area (Å²) in [5.41, 5.74) is 8.61. The summed E-state index contributed by atoms with van der Waals surface area (Å²) in [7, 11) is 0.